The zero-order valence-electron chi connectivity index (χ0n) is 11.8. The van der Waals surface area contributed by atoms with Crippen LogP contribution < -0.4 is 10.6 Å². The van der Waals surface area contributed by atoms with Crippen LogP contribution >= 0.6 is 11.3 Å². The molecule has 0 aromatic carbocycles. The van der Waals surface area contributed by atoms with Gasteiger partial charge in [0.1, 0.15) is 5.69 Å². The summed E-state index contributed by atoms with van der Waals surface area (Å²) in [6, 6.07) is 0. The van der Waals surface area contributed by atoms with Crippen molar-refractivity contribution in [2.24, 2.45) is 11.8 Å². The lowest BCUT2D eigenvalue weighted by atomic mass is 9.94. The molecule has 0 saturated carbocycles. The molecule has 3 N–H and O–H groups in total. The fraction of sp³-hybridized carbons (Fsp3) is 0.692. The number of hydrogen-bond acceptors (Lipinski definition) is 5. The molecule has 1 rings (SSSR count). The zero-order valence-corrected chi connectivity index (χ0v) is 12.6. The van der Waals surface area contributed by atoms with Crippen LogP contribution in [-0.4, -0.2) is 36.2 Å². The number of nitrogens with one attached hydrogen (secondary N) is 2. The van der Waals surface area contributed by atoms with Crippen molar-refractivity contribution in [2.45, 2.75) is 26.7 Å². The van der Waals surface area contributed by atoms with Crippen molar-refractivity contribution in [3.8, 4) is 0 Å². The topological polar surface area (TPSA) is 74.2 Å². The third-order valence-electron chi connectivity index (χ3n) is 2.84. The van der Waals surface area contributed by atoms with E-state index in [1.807, 2.05) is 0 Å². The second-order valence-electron chi connectivity index (χ2n) is 5.01. The lowest BCUT2D eigenvalue weighted by Gasteiger charge is -2.18. The van der Waals surface area contributed by atoms with Gasteiger partial charge in [-0.05, 0) is 24.7 Å². The van der Waals surface area contributed by atoms with Crippen LogP contribution in [0, 0.1) is 11.8 Å². The minimum Gasteiger partial charge on any atom is -0.396 e. The van der Waals surface area contributed by atoms with Gasteiger partial charge in [-0.3, -0.25) is 4.79 Å². The molecule has 1 heterocycles. The number of hydrogen-bond donors (Lipinski definition) is 3. The largest absolute Gasteiger partial charge is 0.396 e. The highest BCUT2D eigenvalue weighted by Crippen LogP contribution is 2.16. The number of amides is 1. The molecule has 1 unspecified atom stereocenters. The summed E-state index contributed by atoms with van der Waals surface area (Å²) in [6.07, 6.45) is 1.72. The van der Waals surface area contributed by atoms with Gasteiger partial charge in [0.05, 0.1) is 0 Å². The van der Waals surface area contributed by atoms with Crippen LogP contribution in [0.25, 0.3) is 0 Å². The number of carbonyl (C=O) groups is 1. The summed E-state index contributed by atoms with van der Waals surface area (Å²) in [7, 11) is 1.78. The maximum Gasteiger partial charge on any atom is 0.270 e. The Labute approximate surface area is 118 Å². The SMILES string of the molecule is CNc1nc(C(=O)NCC(CCO)CC(C)C)cs1. The first-order valence-corrected chi connectivity index (χ1v) is 7.47. The molecular weight excluding hydrogens is 262 g/mol. The predicted octanol–water partition coefficient (Wildman–Crippen LogP) is 1.96. The summed E-state index contributed by atoms with van der Waals surface area (Å²) >= 11 is 1.41. The molecule has 0 aliphatic rings. The molecule has 0 bridgehead atoms. The monoisotopic (exact) mass is 285 g/mol. The number of aliphatic hydroxyl groups excluding tert-OH is 1. The van der Waals surface area contributed by atoms with Gasteiger partial charge in [-0.2, -0.15) is 0 Å². The fourth-order valence-electron chi connectivity index (χ4n) is 1.97. The van der Waals surface area contributed by atoms with E-state index in [0.29, 0.717) is 24.1 Å². The van der Waals surface area contributed by atoms with Crippen LogP contribution in [-0.2, 0) is 0 Å². The van der Waals surface area contributed by atoms with E-state index in [1.54, 1.807) is 12.4 Å². The van der Waals surface area contributed by atoms with E-state index in [2.05, 4.69) is 29.5 Å². The Hall–Kier alpha value is -1.14. The molecular formula is C13H23N3O2S. The quantitative estimate of drug-likeness (QED) is 0.682. The number of nitrogens with zero attached hydrogens (tertiary/aromatic N) is 1. The van der Waals surface area contributed by atoms with Crippen LogP contribution in [0.5, 0.6) is 0 Å². The van der Waals surface area contributed by atoms with Gasteiger partial charge < -0.3 is 15.7 Å². The van der Waals surface area contributed by atoms with Gasteiger partial charge in [-0.25, -0.2) is 4.98 Å². The molecule has 1 amide bonds. The number of thiazole rings is 1. The van der Waals surface area contributed by atoms with Crippen LogP contribution in [0.15, 0.2) is 5.38 Å². The molecule has 1 atom stereocenters. The molecule has 0 spiro atoms. The van der Waals surface area contributed by atoms with Gasteiger partial charge in [-0.15, -0.1) is 11.3 Å². The van der Waals surface area contributed by atoms with E-state index in [0.717, 1.165) is 18.0 Å². The molecule has 19 heavy (non-hydrogen) atoms. The Kier molecular flexibility index (Phi) is 6.80. The maximum atomic E-state index is 11.9. The van der Waals surface area contributed by atoms with E-state index < -0.39 is 0 Å². The van der Waals surface area contributed by atoms with Gasteiger partial charge in [0, 0.05) is 25.6 Å². The third-order valence-corrected chi connectivity index (χ3v) is 3.70. The summed E-state index contributed by atoms with van der Waals surface area (Å²) in [6.45, 7) is 5.04. The number of aliphatic hydroxyl groups is 1. The van der Waals surface area contributed by atoms with Crippen molar-refractivity contribution in [3.05, 3.63) is 11.1 Å². The van der Waals surface area contributed by atoms with Crippen LogP contribution in [0.4, 0.5) is 5.13 Å². The zero-order chi connectivity index (χ0) is 14.3. The van der Waals surface area contributed by atoms with Crippen molar-refractivity contribution in [3.63, 3.8) is 0 Å². The Morgan fingerprint density at radius 3 is 2.79 bits per heavy atom. The second kappa shape index (κ2) is 8.12. The molecule has 0 aliphatic carbocycles. The molecule has 0 aliphatic heterocycles. The maximum absolute atomic E-state index is 11.9. The lowest BCUT2D eigenvalue weighted by Crippen LogP contribution is -2.30. The highest BCUT2D eigenvalue weighted by atomic mass is 32.1. The summed E-state index contributed by atoms with van der Waals surface area (Å²) in [4.78, 5) is 16.1. The second-order valence-corrected chi connectivity index (χ2v) is 5.86. The van der Waals surface area contributed by atoms with E-state index in [9.17, 15) is 4.79 Å². The van der Waals surface area contributed by atoms with Gasteiger partial charge in [0.15, 0.2) is 5.13 Å². The average molecular weight is 285 g/mol. The number of anilines is 1. The van der Waals surface area contributed by atoms with Crippen LogP contribution in [0.3, 0.4) is 0 Å². The van der Waals surface area contributed by atoms with Crippen molar-refractivity contribution < 1.29 is 9.90 Å². The van der Waals surface area contributed by atoms with E-state index in [4.69, 9.17) is 5.11 Å². The number of carbonyl (C=O) groups excluding carboxylic acids is 1. The molecule has 0 radical (unpaired) electrons. The van der Waals surface area contributed by atoms with E-state index in [-0.39, 0.29) is 12.5 Å². The standard InChI is InChI=1S/C13H23N3O2S/c1-9(2)6-10(4-5-17)7-15-12(18)11-8-19-13(14-3)16-11/h8-10,17H,4-7H2,1-3H3,(H,14,16)(H,15,18). The molecule has 5 nitrogen and oxygen atoms in total. The molecule has 0 saturated heterocycles. The summed E-state index contributed by atoms with van der Waals surface area (Å²) in [5, 5.41) is 17.3. The van der Waals surface area contributed by atoms with E-state index >= 15 is 0 Å². The fourth-order valence-corrected chi connectivity index (χ4v) is 2.62. The summed E-state index contributed by atoms with van der Waals surface area (Å²) in [5.41, 5.74) is 0.446. The molecule has 6 heteroatoms. The predicted molar refractivity (Wildman–Crippen MR) is 78.6 cm³/mol. The van der Waals surface area contributed by atoms with Gasteiger partial charge in [0.25, 0.3) is 5.91 Å². The van der Waals surface area contributed by atoms with Crippen LogP contribution in [0.2, 0.25) is 0 Å². The third kappa shape index (κ3) is 5.57. The molecule has 1 aromatic heterocycles. The first kappa shape index (κ1) is 15.9. The number of aromatic nitrogens is 1. The Balaban J connectivity index is 2.46. The van der Waals surface area contributed by atoms with Crippen molar-refractivity contribution in [1.29, 1.82) is 0 Å². The smallest absolute Gasteiger partial charge is 0.270 e. The normalized spacial score (nSPS) is 12.5. The van der Waals surface area contributed by atoms with E-state index in [1.165, 1.54) is 11.3 Å². The Morgan fingerprint density at radius 1 is 1.53 bits per heavy atom. The minimum atomic E-state index is -0.149. The van der Waals surface area contributed by atoms with Gasteiger partial charge in [-0.1, -0.05) is 13.8 Å². The Morgan fingerprint density at radius 2 is 2.26 bits per heavy atom. The molecule has 0 fully saturated rings. The minimum absolute atomic E-state index is 0.149. The Bertz CT molecular complexity index is 393. The number of rotatable bonds is 8. The average Bonchev–Trinajstić information content (AvgIpc) is 2.84. The van der Waals surface area contributed by atoms with Crippen molar-refractivity contribution >= 4 is 22.4 Å². The highest BCUT2D eigenvalue weighted by Gasteiger charge is 2.14. The highest BCUT2D eigenvalue weighted by molar-refractivity contribution is 7.13. The van der Waals surface area contributed by atoms with Crippen molar-refractivity contribution in [1.82, 2.24) is 10.3 Å². The van der Waals surface area contributed by atoms with Crippen molar-refractivity contribution in [2.75, 3.05) is 25.5 Å². The summed E-state index contributed by atoms with van der Waals surface area (Å²) < 4.78 is 0. The van der Waals surface area contributed by atoms with Gasteiger partial charge >= 0.3 is 0 Å². The lowest BCUT2D eigenvalue weighted by molar-refractivity contribution is 0.0937. The van der Waals surface area contributed by atoms with Gasteiger partial charge in [0.2, 0.25) is 0 Å². The first-order chi connectivity index (χ1) is 9.06. The summed E-state index contributed by atoms with van der Waals surface area (Å²) in [5.74, 6) is 0.726. The van der Waals surface area contributed by atoms with Crippen LogP contribution in [0.1, 0.15) is 37.2 Å². The first-order valence-electron chi connectivity index (χ1n) is 6.59. The molecule has 108 valence electrons. The molecule has 1 aromatic rings.